The Bertz CT molecular complexity index is 717. The molecule has 6 heteroatoms. The summed E-state index contributed by atoms with van der Waals surface area (Å²) in [6.45, 7) is 0.721. The summed E-state index contributed by atoms with van der Waals surface area (Å²) >= 11 is 0. The van der Waals surface area contributed by atoms with E-state index in [4.69, 9.17) is 4.42 Å². The third-order valence-corrected chi connectivity index (χ3v) is 5.56. The third kappa shape index (κ3) is 2.58. The molecule has 1 atom stereocenters. The second-order valence-electron chi connectivity index (χ2n) is 5.11. The lowest BCUT2D eigenvalue weighted by Crippen LogP contribution is -2.40. The van der Waals surface area contributed by atoms with Crippen LogP contribution in [0.4, 0.5) is 4.39 Å². The number of furan rings is 1. The zero-order valence-corrected chi connectivity index (χ0v) is 11.7. The standard InChI is InChI=1S/C14H16FNO3S/c15-12-4-3-5-13-11(12)8-10(19-13)9-20(17,18)14-6-1-2-7-16-14/h3-5,8,14,16H,1-2,6-7,9H2. The predicted octanol–water partition coefficient (Wildman–Crippen LogP) is 2.59. The SMILES string of the molecule is O=S(=O)(Cc1cc2c(F)cccc2o1)C1CCCCN1. The van der Waals surface area contributed by atoms with Crippen molar-refractivity contribution in [2.75, 3.05) is 6.54 Å². The fourth-order valence-electron chi connectivity index (χ4n) is 2.57. The summed E-state index contributed by atoms with van der Waals surface area (Å²) in [7, 11) is -3.32. The first-order valence-corrected chi connectivity index (χ1v) is 8.40. The van der Waals surface area contributed by atoms with Crippen molar-refractivity contribution < 1.29 is 17.2 Å². The summed E-state index contributed by atoms with van der Waals surface area (Å²) < 4.78 is 43.6. The molecule has 4 nitrogen and oxygen atoms in total. The molecule has 0 spiro atoms. The van der Waals surface area contributed by atoms with Gasteiger partial charge in [-0.25, -0.2) is 12.8 Å². The molecule has 1 aliphatic rings. The number of halogens is 1. The molecule has 1 aromatic heterocycles. The van der Waals surface area contributed by atoms with Gasteiger partial charge in [-0.1, -0.05) is 6.07 Å². The van der Waals surface area contributed by atoms with Gasteiger partial charge in [0.2, 0.25) is 0 Å². The van der Waals surface area contributed by atoms with Crippen LogP contribution in [0.3, 0.4) is 0 Å². The summed E-state index contributed by atoms with van der Waals surface area (Å²) in [5.74, 6) is -0.304. The van der Waals surface area contributed by atoms with Crippen molar-refractivity contribution in [1.29, 1.82) is 0 Å². The van der Waals surface area contributed by atoms with Crippen LogP contribution in [0, 0.1) is 5.82 Å². The highest BCUT2D eigenvalue weighted by Gasteiger charge is 2.28. The van der Waals surface area contributed by atoms with Crippen molar-refractivity contribution >= 4 is 20.8 Å². The maximum absolute atomic E-state index is 13.6. The second kappa shape index (κ2) is 5.18. The minimum atomic E-state index is -3.32. The normalized spacial score (nSPS) is 20.4. The molecule has 0 aliphatic carbocycles. The summed E-state index contributed by atoms with van der Waals surface area (Å²) in [6.07, 6.45) is 2.53. The van der Waals surface area contributed by atoms with Gasteiger partial charge in [0.15, 0.2) is 9.84 Å². The fraction of sp³-hybridized carbons (Fsp3) is 0.429. The van der Waals surface area contributed by atoms with Gasteiger partial charge in [0.05, 0.1) is 5.39 Å². The van der Waals surface area contributed by atoms with Crippen LogP contribution in [-0.2, 0) is 15.6 Å². The molecule has 0 bridgehead atoms. The van der Waals surface area contributed by atoms with Gasteiger partial charge < -0.3 is 9.73 Å². The highest BCUT2D eigenvalue weighted by molar-refractivity contribution is 7.91. The number of hydrogen-bond acceptors (Lipinski definition) is 4. The van der Waals surface area contributed by atoms with Crippen LogP contribution in [0.15, 0.2) is 28.7 Å². The molecule has 3 rings (SSSR count). The number of fused-ring (bicyclic) bond motifs is 1. The van der Waals surface area contributed by atoms with E-state index in [1.54, 1.807) is 12.1 Å². The minimum absolute atomic E-state index is 0.196. The Morgan fingerprint density at radius 2 is 2.20 bits per heavy atom. The van der Waals surface area contributed by atoms with Gasteiger partial charge in [-0.15, -0.1) is 0 Å². The molecule has 2 heterocycles. The van der Waals surface area contributed by atoms with Gasteiger partial charge in [-0.2, -0.15) is 0 Å². The van der Waals surface area contributed by atoms with E-state index in [0.29, 0.717) is 17.4 Å². The van der Waals surface area contributed by atoms with Gasteiger partial charge in [0.25, 0.3) is 0 Å². The van der Waals surface area contributed by atoms with E-state index >= 15 is 0 Å². The maximum atomic E-state index is 13.6. The lowest BCUT2D eigenvalue weighted by atomic mass is 10.2. The van der Waals surface area contributed by atoms with E-state index < -0.39 is 21.0 Å². The van der Waals surface area contributed by atoms with Gasteiger partial charge >= 0.3 is 0 Å². The van der Waals surface area contributed by atoms with Crippen molar-refractivity contribution in [3.63, 3.8) is 0 Å². The summed E-state index contributed by atoms with van der Waals surface area (Å²) in [4.78, 5) is 0. The first kappa shape index (κ1) is 13.6. The Morgan fingerprint density at radius 1 is 1.35 bits per heavy atom. The van der Waals surface area contributed by atoms with Crippen molar-refractivity contribution in [2.45, 2.75) is 30.4 Å². The molecular formula is C14H16FNO3S. The number of piperidine rings is 1. The monoisotopic (exact) mass is 297 g/mol. The van der Waals surface area contributed by atoms with Gasteiger partial charge in [-0.3, -0.25) is 0 Å². The number of nitrogens with one attached hydrogen (secondary N) is 1. The minimum Gasteiger partial charge on any atom is -0.460 e. The molecule has 0 amide bonds. The highest BCUT2D eigenvalue weighted by Crippen LogP contribution is 2.25. The molecule has 0 radical (unpaired) electrons. The van der Waals surface area contributed by atoms with Crippen LogP contribution in [0.5, 0.6) is 0 Å². The summed E-state index contributed by atoms with van der Waals surface area (Å²) in [6, 6.07) is 5.99. The molecule has 1 aromatic carbocycles. The summed E-state index contributed by atoms with van der Waals surface area (Å²) in [5, 5.41) is 2.83. The molecular weight excluding hydrogens is 281 g/mol. The van der Waals surface area contributed by atoms with E-state index in [0.717, 1.165) is 19.4 Å². The van der Waals surface area contributed by atoms with Crippen molar-refractivity contribution in [3.8, 4) is 0 Å². The molecule has 1 N–H and O–H groups in total. The van der Waals surface area contributed by atoms with E-state index in [2.05, 4.69) is 5.32 Å². The van der Waals surface area contributed by atoms with E-state index in [-0.39, 0.29) is 11.5 Å². The molecule has 2 aromatic rings. The molecule has 108 valence electrons. The quantitative estimate of drug-likeness (QED) is 0.946. The van der Waals surface area contributed by atoms with E-state index in [1.165, 1.54) is 12.1 Å². The lowest BCUT2D eigenvalue weighted by Gasteiger charge is -2.22. The van der Waals surface area contributed by atoms with Crippen molar-refractivity contribution in [3.05, 3.63) is 35.8 Å². The molecule has 1 aliphatic heterocycles. The molecule has 1 saturated heterocycles. The van der Waals surface area contributed by atoms with Gasteiger partial charge in [0, 0.05) is 0 Å². The summed E-state index contributed by atoms with van der Waals surface area (Å²) in [5.41, 5.74) is 0.381. The van der Waals surface area contributed by atoms with Crippen molar-refractivity contribution in [1.82, 2.24) is 5.32 Å². The molecule has 1 fully saturated rings. The smallest absolute Gasteiger partial charge is 0.173 e. The Kier molecular flexibility index (Phi) is 3.52. The van der Waals surface area contributed by atoms with Crippen LogP contribution in [0.1, 0.15) is 25.0 Å². The molecule has 0 saturated carbocycles. The zero-order valence-electron chi connectivity index (χ0n) is 10.9. The Hall–Kier alpha value is -1.40. The van der Waals surface area contributed by atoms with Gasteiger partial charge in [0.1, 0.15) is 28.3 Å². The Morgan fingerprint density at radius 3 is 2.90 bits per heavy atom. The van der Waals surface area contributed by atoms with Gasteiger partial charge in [-0.05, 0) is 44.0 Å². The topological polar surface area (TPSA) is 59.3 Å². The molecule has 20 heavy (non-hydrogen) atoms. The average Bonchev–Trinajstić information content (AvgIpc) is 2.83. The van der Waals surface area contributed by atoms with Crippen LogP contribution in [-0.4, -0.2) is 20.3 Å². The van der Waals surface area contributed by atoms with Crippen molar-refractivity contribution in [2.24, 2.45) is 0 Å². The van der Waals surface area contributed by atoms with Crippen LogP contribution >= 0.6 is 0 Å². The number of rotatable bonds is 3. The van der Waals surface area contributed by atoms with Crippen LogP contribution in [0.25, 0.3) is 11.0 Å². The predicted molar refractivity (Wildman–Crippen MR) is 74.4 cm³/mol. The van der Waals surface area contributed by atoms with Crippen LogP contribution in [0.2, 0.25) is 0 Å². The van der Waals surface area contributed by atoms with E-state index in [9.17, 15) is 12.8 Å². The second-order valence-corrected chi connectivity index (χ2v) is 7.29. The third-order valence-electron chi connectivity index (χ3n) is 3.60. The zero-order chi connectivity index (χ0) is 14.2. The van der Waals surface area contributed by atoms with E-state index in [1.807, 2.05) is 0 Å². The first-order valence-electron chi connectivity index (χ1n) is 6.68. The fourth-order valence-corrected chi connectivity index (χ4v) is 4.21. The van der Waals surface area contributed by atoms with Crippen LogP contribution < -0.4 is 5.32 Å². The molecule has 1 unspecified atom stereocenters. The number of benzene rings is 1. The lowest BCUT2D eigenvalue weighted by molar-refractivity contribution is 0.457. The first-order chi connectivity index (χ1) is 9.56. The highest BCUT2D eigenvalue weighted by atomic mass is 32.2. The number of hydrogen-bond donors (Lipinski definition) is 1. The number of sulfone groups is 1. The Balaban J connectivity index is 1.86. The largest absolute Gasteiger partial charge is 0.460 e. The maximum Gasteiger partial charge on any atom is 0.173 e. The Labute approximate surface area is 116 Å². The average molecular weight is 297 g/mol.